The number of ether oxygens (including phenoxy) is 1. The van der Waals surface area contributed by atoms with Crippen LogP contribution in [0.5, 0.6) is 5.75 Å². The van der Waals surface area contributed by atoms with Crippen LogP contribution in [-0.4, -0.2) is 11.9 Å². The van der Waals surface area contributed by atoms with Crippen LogP contribution in [0.25, 0.3) is 0 Å². The Morgan fingerprint density at radius 1 is 1.40 bits per heavy atom. The predicted molar refractivity (Wildman–Crippen MR) is 59.6 cm³/mol. The topological polar surface area (TPSA) is 26.3 Å². The zero-order valence-corrected chi connectivity index (χ0v) is 9.41. The summed E-state index contributed by atoms with van der Waals surface area (Å²) in [5.41, 5.74) is 1.89. The lowest BCUT2D eigenvalue weighted by atomic mass is 9.98. The lowest BCUT2D eigenvalue weighted by Crippen LogP contribution is -2.18. The molecule has 2 rings (SSSR count). The number of hydrogen-bond donors (Lipinski definition) is 0. The summed E-state index contributed by atoms with van der Waals surface area (Å²) < 4.78 is 5.71. The van der Waals surface area contributed by atoms with Gasteiger partial charge in [-0.25, -0.2) is 0 Å². The van der Waals surface area contributed by atoms with Gasteiger partial charge in [0.05, 0.1) is 5.56 Å². The van der Waals surface area contributed by atoms with Crippen molar-refractivity contribution in [2.45, 2.75) is 39.2 Å². The minimum absolute atomic E-state index is 0.134. The Kier molecular flexibility index (Phi) is 2.51. The summed E-state index contributed by atoms with van der Waals surface area (Å²) in [5.74, 6) is 1.34. The molecule has 1 heterocycles. The van der Waals surface area contributed by atoms with Gasteiger partial charge in [-0.1, -0.05) is 32.9 Å². The molecule has 0 radical (unpaired) electrons. The van der Waals surface area contributed by atoms with E-state index in [0.29, 0.717) is 5.92 Å². The normalized spacial score (nSPS) is 19.2. The Hall–Kier alpha value is -1.31. The molecule has 0 saturated heterocycles. The van der Waals surface area contributed by atoms with E-state index < -0.39 is 0 Å². The number of rotatable bonds is 2. The summed E-state index contributed by atoms with van der Waals surface area (Å²) in [4.78, 5) is 11.9. The second kappa shape index (κ2) is 3.69. The maximum Gasteiger partial charge on any atom is 0.207 e. The van der Waals surface area contributed by atoms with Gasteiger partial charge >= 0.3 is 0 Å². The molecular formula is C13H16O2. The highest BCUT2D eigenvalue weighted by Crippen LogP contribution is 2.36. The molecule has 1 aliphatic heterocycles. The van der Waals surface area contributed by atoms with Crippen LogP contribution in [0.2, 0.25) is 0 Å². The standard InChI is InChI=1S/C13H16O2/c1-4-11-12(14)10-7-5-6-9(8(2)3)13(10)15-11/h5-8,11H,4H2,1-3H3. The number of carbonyl (C=O) groups excluding carboxylic acids is 1. The molecular weight excluding hydrogens is 188 g/mol. The van der Waals surface area contributed by atoms with Gasteiger partial charge < -0.3 is 4.74 Å². The largest absolute Gasteiger partial charge is 0.481 e. The Morgan fingerprint density at radius 3 is 2.73 bits per heavy atom. The summed E-state index contributed by atoms with van der Waals surface area (Å²) in [6, 6.07) is 5.83. The van der Waals surface area contributed by atoms with Gasteiger partial charge in [0.25, 0.3) is 0 Å². The first kappa shape index (κ1) is 10.2. The van der Waals surface area contributed by atoms with Crippen LogP contribution in [0, 0.1) is 0 Å². The van der Waals surface area contributed by atoms with Crippen molar-refractivity contribution in [1.82, 2.24) is 0 Å². The highest BCUT2D eigenvalue weighted by molar-refractivity contribution is 6.04. The van der Waals surface area contributed by atoms with E-state index >= 15 is 0 Å². The minimum Gasteiger partial charge on any atom is -0.481 e. The molecule has 0 N–H and O–H groups in total. The van der Waals surface area contributed by atoms with Crippen molar-refractivity contribution in [3.63, 3.8) is 0 Å². The fourth-order valence-electron chi connectivity index (χ4n) is 1.97. The third kappa shape index (κ3) is 1.54. The van der Waals surface area contributed by atoms with Crippen LogP contribution in [0.3, 0.4) is 0 Å². The van der Waals surface area contributed by atoms with Gasteiger partial charge in [-0.15, -0.1) is 0 Å². The average molecular weight is 204 g/mol. The predicted octanol–water partition coefficient (Wildman–Crippen LogP) is 3.16. The number of Topliss-reactive ketones (excluding diaryl/α,β-unsaturated/α-hetero) is 1. The van der Waals surface area contributed by atoms with Crippen LogP contribution in [-0.2, 0) is 0 Å². The fourth-order valence-corrected chi connectivity index (χ4v) is 1.97. The first-order valence-corrected chi connectivity index (χ1v) is 5.49. The van der Waals surface area contributed by atoms with E-state index in [1.54, 1.807) is 0 Å². The molecule has 0 saturated carbocycles. The molecule has 2 nitrogen and oxygen atoms in total. The highest BCUT2D eigenvalue weighted by atomic mass is 16.5. The third-order valence-electron chi connectivity index (χ3n) is 2.86. The number of ketones is 1. The lowest BCUT2D eigenvalue weighted by molar-refractivity contribution is 0.0852. The van der Waals surface area contributed by atoms with Crippen LogP contribution in [0.1, 0.15) is 49.0 Å². The van der Waals surface area contributed by atoms with Gasteiger partial charge in [0.2, 0.25) is 5.78 Å². The van der Waals surface area contributed by atoms with Crippen molar-refractivity contribution >= 4 is 5.78 Å². The van der Waals surface area contributed by atoms with Crippen LogP contribution >= 0.6 is 0 Å². The van der Waals surface area contributed by atoms with Crippen molar-refractivity contribution in [2.24, 2.45) is 0 Å². The van der Waals surface area contributed by atoms with Gasteiger partial charge in [0, 0.05) is 0 Å². The van der Waals surface area contributed by atoms with E-state index in [9.17, 15) is 4.79 Å². The zero-order valence-electron chi connectivity index (χ0n) is 9.41. The van der Waals surface area contributed by atoms with E-state index in [1.807, 2.05) is 25.1 Å². The van der Waals surface area contributed by atoms with E-state index in [4.69, 9.17) is 4.74 Å². The molecule has 0 aromatic heterocycles. The Balaban J connectivity index is 2.49. The van der Waals surface area contributed by atoms with Crippen molar-refractivity contribution < 1.29 is 9.53 Å². The summed E-state index contributed by atoms with van der Waals surface area (Å²) in [6.07, 6.45) is 0.477. The molecule has 2 heteroatoms. The quantitative estimate of drug-likeness (QED) is 0.739. The van der Waals surface area contributed by atoms with Gasteiger partial charge in [0.1, 0.15) is 5.75 Å². The maximum atomic E-state index is 11.9. The van der Waals surface area contributed by atoms with Crippen molar-refractivity contribution in [2.75, 3.05) is 0 Å². The zero-order chi connectivity index (χ0) is 11.0. The second-order valence-corrected chi connectivity index (χ2v) is 4.26. The van der Waals surface area contributed by atoms with E-state index in [0.717, 1.165) is 23.3 Å². The van der Waals surface area contributed by atoms with Crippen molar-refractivity contribution in [1.29, 1.82) is 0 Å². The monoisotopic (exact) mass is 204 g/mol. The highest BCUT2D eigenvalue weighted by Gasteiger charge is 2.32. The van der Waals surface area contributed by atoms with Crippen LogP contribution < -0.4 is 4.74 Å². The third-order valence-corrected chi connectivity index (χ3v) is 2.86. The maximum absolute atomic E-state index is 11.9. The Bertz CT molecular complexity index is 394. The van der Waals surface area contributed by atoms with Gasteiger partial charge in [-0.05, 0) is 24.0 Å². The summed E-state index contributed by atoms with van der Waals surface area (Å²) in [7, 11) is 0. The molecule has 1 unspecified atom stereocenters. The van der Waals surface area contributed by atoms with E-state index in [-0.39, 0.29) is 11.9 Å². The molecule has 0 bridgehead atoms. The fraction of sp³-hybridized carbons (Fsp3) is 0.462. The summed E-state index contributed by atoms with van der Waals surface area (Å²) >= 11 is 0. The molecule has 15 heavy (non-hydrogen) atoms. The smallest absolute Gasteiger partial charge is 0.207 e. The number of para-hydroxylation sites is 1. The average Bonchev–Trinajstić information content (AvgIpc) is 2.55. The van der Waals surface area contributed by atoms with Crippen LogP contribution in [0.15, 0.2) is 18.2 Å². The molecule has 1 aromatic carbocycles. The molecule has 0 aliphatic carbocycles. The van der Waals surface area contributed by atoms with Gasteiger partial charge in [-0.3, -0.25) is 4.79 Å². The Labute approximate surface area is 90.3 Å². The number of carbonyl (C=O) groups is 1. The summed E-state index contributed by atoms with van der Waals surface area (Å²) in [6.45, 7) is 6.20. The van der Waals surface area contributed by atoms with E-state index in [2.05, 4.69) is 13.8 Å². The molecule has 1 atom stereocenters. The SMILES string of the molecule is CCC1Oc2c(cccc2C(C)C)C1=O. The number of hydrogen-bond acceptors (Lipinski definition) is 2. The van der Waals surface area contributed by atoms with Gasteiger partial charge in [-0.2, -0.15) is 0 Å². The molecule has 0 amide bonds. The van der Waals surface area contributed by atoms with Crippen molar-refractivity contribution in [3.8, 4) is 5.75 Å². The first-order chi connectivity index (χ1) is 7.15. The van der Waals surface area contributed by atoms with Crippen LogP contribution in [0.4, 0.5) is 0 Å². The number of fused-ring (bicyclic) bond motifs is 1. The van der Waals surface area contributed by atoms with E-state index in [1.165, 1.54) is 0 Å². The minimum atomic E-state index is -0.264. The molecule has 1 aliphatic rings. The van der Waals surface area contributed by atoms with Crippen molar-refractivity contribution in [3.05, 3.63) is 29.3 Å². The lowest BCUT2D eigenvalue weighted by Gasteiger charge is -2.11. The van der Waals surface area contributed by atoms with Gasteiger partial charge in [0.15, 0.2) is 6.10 Å². The molecule has 1 aromatic rings. The molecule has 80 valence electrons. The Morgan fingerprint density at radius 2 is 2.13 bits per heavy atom. The second-order valence-electron chi connectivity index (χ2n) is 4.26. The molecule has 0 fully saturated rings. The summed E-state index contributed by atoms with van der Waals surface area (Å²) in [5, 5.41) is 0. The molecule has 0 spiro atoms. The number of benzene rings is 1. The first-order valence-electron chi connectivity index (χ1n) is 5.49.